The average Bonchev–Trinajstić information content (AvgIpc) is 2.15. The van der Waals surface area contributed by atoms with Crippen molar-refractivity contribution in [3.8, 4) is 0 Å². The molecule has 1 rings (SSSR count). The zero-order valence-electron chi connectivity index (χ0n) is 9.47. The molecule has 0 aliphatic rings. The van der Waals surface area contributed by atoms with Gasteiger partial charge in [-0.25, -0.2) is 0 Å². The van der Waals surface area contributed by atoms with Crippen molar-refractivity contribution in [1.82, 2.24) is 0 Å². The van der Waals surface area contributed by atoms with Gasteiger partial charge in [0.2, 0.25) is 0 Å². The monoisotopic (exact) mass is 208 g/mol. The normalized spacial score (nSPS) is 13.6. The van der Waals surface area contributed by atoms with E-state index in [0.717, 1.165) is 0 Å². The van der Waals surface area contributed by atoms with Gasteiger partial charge in [0.1, 0.15) is 6.54 Å². The molecule has 0 radical (unpaired) electrons. The lowest BCUT2D eigenvalue weighted by molar-refractivity contribution is -0.872. The molecule has 3 nitrogen and oxygen atoms in total. The summed E-state index contributed by atoms with van der Waals surface area (Å²) in [4.78, 5) is 11.8. The summed E-state index contributed by atoms with van der Waals surface area (Å²) in [5.41, 5.74) is 0.568. The van der Waals surface area contributed by atoms with Crippen molar-refractivity contribution in [2.24, 2.45) is 0 Å². The zero-order chi connectivity index (χ0) is 11.5. The molecule has 0 saturated heterocycles. The van der Waals surface area contributed by atoms with Crippen LogP contribution in [-0.2, 0) is 0 Å². The number of ketones is 1. The van der Waals surface area contributed by atoms with Crippen LogP contribution >= 0.6 is 0 Å². The minimum atomic E-state index is -0.924. The SMILES string of the molecule is C[N+](C)(C)CC(O)C(=O)c1ccccc1. The van der Waals surface area contributed by atoms with Crippen molar-refractivity contribution in [2.45, 2.75) is 6.10 Å². The minimum absolute atomic E-state index is 0.205. The predicted molar refractivity (Wildman–Crippen MR) is 59.7 cm³/mol. The molecule has 0 amide bonds. The zero-order valence-corrected chi connectivity index (χ0v) is 9.47. The number of rotatable bonds is 4. The van der Waals surface area contributed by atoms with Crippen LogP contribution in [0.2, 0.25) is 0 Å². The third-order valence-corrected chi connectivity index (χ3v) is 2.08. The Morgan fingerprint density at radius 2 is 1.80 bits per heavy atom. The van der Waals surface area contributed by atoms with Gasteiger partial charge < -0.3 is 9.59 Å². The molecule has 0 bridgehead atoms. The Morgan fingerprint density at radius 1 is 1.27 bits per heavy atom. The number of likely N-dealkylation sites (N-methyl/N-ethyl adjacent to an activating group) is 1. The maximum absolute atomic E-state index is 11.8. The van der Waals surface area contributed by atoms with Crippen molar-refractivity contribution in [3.05, 3.63) is 35.9 Å². The first-order valence-corrected chi connectivity index (χ1v) is 4.98. The Morgan fingerprint density at radius 3 is 2.27 bits per heavy atom. The van der Waals surface area contributed by atoms with Crippen molar-refractivity contribution >= 4 is 5.78 Å². The maximum Gasteiger partial charge on any atom is 0.197 e. The summed E-state index contributed by atoms with van der Waals surface area (Å²) < 4.78 is 0.569. The molecule has 0 aromatic heterocycles. The van der Waals surface area contributed by atoms with Crippen molar-refractivity contribution in [1.29, 1.82) is 0 Å². The standard InChI is InChI=1S/C12H18NO2/c1-13(2,3)9-11(14)12(15)10-7-5-4-6-8-10/h4-8,11,14H,9H2,1-3H3/q+1. The van der Waals surface area contributed by atoms with Crippen LogP contribution in [0, 0.1) is 0 Å². The number of nitrogens with zero attached hydrogens (tertiary/aromatic N) is 1. The Hall–Kier alpha value is -1.19. The largest absolute Gasteiger partial charge is 0.379 e. The number of hydrogen-bond donors (Lipinski definition) is 1. The van der Waals surface area contributed by atoms with Gasteiger partial charge in [-0.1, -0.05) is 30.3 Å². The van der Waals surface area contributed by atoms with E-state index < -0.39 is 6.10 Å². The number of quaternary nitrogens is 1. The van der Waals surface area contributed by atoms with Crippen LogP contribution < -0.4 is 0 Å². The number of hydrogen-bond acceptors (Lipinski definition) is 2. The highest BCUT2D eigenvalue weighted by Crippen LogP contribution is 2.05. The molecular weight excluding hydrogens is 190 g/mol. The van der Waals surface area contributed by atoms with Gasteiger partial charge in [-0.3, -0.25) is 4.79 Å². The third kappa shape index (κ3) is 3.81. The lowest BCUT2D eigenvalue weighted by Gasteiger charge is -2.26. The van der Waals surface area contributed by atoms with Crippen LogP contribution in [0.15, 0.2) is 30.3 Å². The smallest absolute Gasteiger partial charge is 0.197 e. The van der Waals surface area contributed by atoms with E-state index in [1.165, 1.54) is 0 Å². The van der Waals surface area contributed by atoms with E-state index in [9.17, 15) is 9.90 Å². The van der Waals surface area contributed by atoms with Gasteiger partial charge in [0.05, 0.1) is 21.1 Å². The van der Waals surface area contributed by atoms with Crippen LogP contribution in [0.4, 0.5) is 0 Å². The van der Waals surface area contributed by atoms with E-state index in [-0.39, 0.29) is 5.78 Å². The lowest BCUT2D eigenvalue weighted by Crippen LogP contribution is -2.44. The van der Waals surface area contributed by atoms with E-state index in [2.05, 4.69) is 0 Å². The molecule has 0 saturated carbocycles. The van der Waals surface area contributed by atoms with Crippen LogP contribution in [0.25, 0.3) is 0 Å². The van der Waals surface area contributed by atoms with Crippen LogP contribution in [0.1, 0.15) is 10.4 Å². The Balaban J connectivity index is 2.70. The molecule has 1 N–H and O–H groups in total. The molecule has 1 atom stereocenters. The van der Waals surface area contributed by atoms with Gasteiger partial charge in [-0.2, -0.15) is 0 Å². The second-order valence-corrected chi connectivity index (χ2v) is 4.72. The number of aliphatic hydroxyl groups is 1. The summed E-state index contributed by atoms with van der Waals surface area (Å²) in [6.45, 7) is 0.424. The highest BCUT2D eigenvalue weighted by atomic mass is 16.3. The second-order valence-electron chi connectivity index (χ2n) is 4.72. The summed E-state index contributed by atoms with van der Waals surface area (Å²) in [5.74, 6) is -0.205. The Bertz CT molecular complexity index is 327. The fraction of sp³-hybridized carbons (Fsp3) is 0.417. The number of carbonyl (C=O) groups excluding carboxylic acids is 1. The predicted octanol–water partition coefficient (Wildman–Crippen LogP) is 0.936. The van der Waals surface area contributed by atoms with E-state index in [0.29, 0.717) is 16.6 Å². The van der Waals surface area contributed by atoms with Crippen molar-refractivity contribution < 1.29 is 14.4 Å². The van der Waals surface area contributed by atoms with E-state index in [1.54, 1.807) is 24.3 Å². The van der Waals surface area contributed by atoms with Crippen LogP contribution in [-0.4, -0.2) is 49.2 Å². The molecule has 0 aliphatic carbocycles. The first-order valence-electron chi connectivity index (χ1n) is 4.98. The molecule has 3 heteroatoms. The molecule has 82 valence electrons. The Kier molecular flexibility index (Phi) is 3.61. The summed E-state index contributed by atoms with van der Waals surface area (Å²) in [5, 5.41) is 9.74. The van der Waals surface area contributed by atoms with Gasteiger partial charge in [0.25, 0.3) is 0 Å². The van der Waals surface area contributed by atoms with Crippen LogP contribution in [0.3, 0.4) is 0 Å². The number of benzene rings is 1. The van der Waals surface area contributed by atoms with Gasteiger partial charge in [0, 0.05) is 5.56 Å². The topological polar surface area (TPSA) is 37.3 Å². The van der Waals surface area contributed by atoms with E-state index in [4.69, 9.17) is 0 Å². The third-order valence-electron chi connectivity index (χ3n) is 2.08. The highest BCUT2D eigenvalue weighted by molar-refractivity contribution is 5.99. The second kappa shape index (κ2) is 4.55. The molecule has 1 unspecified atom stereocenters. The van der Waals surface area contributed by atoms with Gasteiger partial charge in [-0.15, -0.1) is 0 Å². The quantitative estimate of drug-likeness (QED) is 0.590. The highest BCUT2D eigenvalue weighted by Gasteiger charge is 2.23. The van der Waals surface area contributed by atoms with Crippen LogP contribution in [0.5, 0.6) is 0 Å². The fourth-order valence-corrected chi connectivity index (χ4v) is 1.40. The van der Waals surface area contributed by atoms with Gasteiger partial charge in [0.15, 0.2) is 11.9 Å². The molecule has 1 aromatic rings. The molecule has 0 heterocycles. The number of Topliss-reactive ketones (excluding diaryl/α,β-unsaturated/α-hetero) is 1. The minimum Gasteiger partial charge on any atom is -0.379 e. The summed E-state index contributed by atoms with van der Waals surface area (Å²) in [6.07, 6.45) is -0.924. The molecule has 0 spiro atoms. The summed E-state index contributed by atoms with van der Waals surface area (Å²) >= 11 is 0. The van der Waals surface area contributed by atoms with Crippen molar-refractivity contribution in [3.63, 3.8) is 0 Å². The molecule has 15 heavy (non-hydrogen) atoms. The first-order chi connectivity index (χ1) is 6.90. The fourth-order valence-electron chi connectivity index (χ4n) is 1.40. The average molecular weight is 208 g/mol. The molecular formula is C12H18NO2+. The lowest BCUT2D eigenvalue weighted by atomic mass is 10.1. The van der Waals surface area contributed by atoms with Gasteiger partial charge >= 0.3 is 0 Å². The Labute approximate surface area is 90.5 Å². The number of aliphatic hydroxyl groups excluding tert-OH is 1. The summed E-state index contributed by atoms with van der Waals surface area (Å²) in [7, 11) is 5.84. The number of carbonyl (C=O) groups is 1. The molecule has 1 aromatic carbocycles. The maximum atomic E-state index is 11.8. The van der Waals surface area contributed by atoms with Gasteiger partial charge in [-0.05, 0) is 0 Å². The van der Waals surface area contributed by atoms with Crippen molar-refractivity contribution in [2.75, 3.05) is 27.7 Å². The summed E-state index contributed by atoms with van der Waals surface area (Å²) in [6, 6.07) is 8.89. The first kappa shape index (κ1) is 11.9. The molecule has 0 fully saturated rings. The van der Waals surface area contributed by atoms with E-state index >= 15 is 0 Å². The molecule has 0 aliphatic heterocycles. The van der Waals surface area contributed by atoms with E-state index in [1.807, 2.05) is 27.2 Å².